The maximum absolute atomic E-state index is 11.0. The molecule has 130 valence electrons. The van der Waals surface area contributed by atoms with Gasteiger partial charge in [-0.2, -0.15) is 0 Å². The summed E-state index contributed by atoms with van der Waals surface area (Å²) in [6.07, 6.45) is 0.858. The van der Waals surface area contributed by atoms with Crippen molar-refractivity contribution in [3.05, 3.63) is 56.3 Å². The number of aryl methyl sites for hydroxylation is 2. The van der Waals surface area contributed by atoms with Crippen LogP contribution in [0.3, 0.4) is 0 Å². The van der Waals surface area contributed by atoms with Crippen LogP contribution in [0.4, 0.5) is 5.69 Å². The van der Waals surface area contributed by atoms with E-state index in [0.29, 0.717) is 23.2 Å². The highest BCUT2D eigenvalue weighted by molar-refractivity contribution is 7.98. The molecule has 3 aromatic rings. The quantitative estimate of drug-likeness (QED) is 0.338. The lowest BCUT2D eigenvalue weighted by molar-refractivity contribution is -0.384. The number of nitro groups is 1. The minimum absolute atomic E-state index is 0.0358. The molecule has 0 bridgehead atoms. The molecule has 0 aliphatic heterocycles. The van der Waals surface area contributed by atoms with Gasteiger partial charge >= 0.3 is 0 Å². The summed E-state index contributed by atoms with van der Waals surface area (Å²) in [5.74, 6) is 1.08. The highest BCUT2D eigenvalue weighted by Crippen LogP contribution is 2.30. The van der Waals surface area contributed by atoms with E-state index < -0.39 is 4.92 Å². The Morgan fingerprint density at radius 3 is 3.00 bits per heavy atom. The van der Waals surface area contributed by atoms with E-state index in [0.717, 1.165) is 12.0 Å². The van der Waals surface area contributed by atoms with E-state index in [4.69, 9.17) is 4.74 Å². The second-order valence-corrected chi connectivity index (χ2v) is 7.03. The van der Waals surface area contributed by atoms with E-state index in [-0.39, 0.29) is 5.69 Å². The summed E-state index contributed by atoms with van der Waals surface area (Å²) in [6, 6.07) is 8.65. The molecule has 0 saturated heterocycles. The lowest BCUT2D eigenvalue weighted by atomic mass is 10.2. The van der Waals surface area contributed by atoms with Gasteiger partial charge in [0.25, 0.3) is 5.69 Å². The fraction of sp³-hybridized carbons (Fsp3) is 0.267. The van der Waals surface area contributed by atoms with Crippen molar-refractivity contribution >= 4 is 28.8 Å². The number of nitro benzene ring substituents is 1. The van der Waals surface area contributed by atoms with Crippen molar-refractivity contribution < 1.29 is 9.66 Å². The number of methoxy groups -OCH3 is 1. The van der Waals surface area contributed by atoms with Gasteiger partial charge in [-0.05, 0) is 27.9 Å². The predicted octanol–water partition coefficient (Wildman–Crippen LogP) is 3.19. The Morgan fingerprint density at radius 2 is 2.28 bits per heavy atom. The predicted molar refractivity (Wildman–Crippen MR) is 95.0 cm³/mol. The molecule has 0 radical (unpaired) electrons. The van der Waals surface area contributed by atoms with Crippen LogP contribution in [0, 0.1) is 10.1 Å². The van der Waals surface area contributed by atoms with E-state index >= 15 is 0 Å². The Hall–Kier alpha value is -2.46. The van der Waals surface area contributed by atoms with Gasteiger partial charge in [-0.25, -0.2) is 4.68 Å². The monoisotopic (exact) mass is 377 g/mol. The summed E-state index contributed by atoms with van der Waals surface area (Å²) >= 11 is 3.12. The number of non-ortho nitro benzene ring substituents is 1. The Bertz CT molecular complexity index is 851. The summed E-state index contributed by atoms with van der Waals surface area (Å²) in [7, 11) is 1.54. The van der Waals surface area contributed by atoms with Crippen LogP contribution >= 0.6 is 23.1 Å². The van der Waals surface area contributed by atoms with Crippen LogP contribution in [0.5, 0.6) is 5.75 Å². The number of tetrazole rings is 1. The van der Waals surface area contributed by atoms with Gasteiger partial charge in [0.2, 0.25) is 5.16 Å². The number of hydrogen-bond donors (Lipinski definition) is 0. The van der Waals surface area contributed by atoms with Gasteiger partial charge < -0.3 is 4.74 Å². The molecule has 0 amide bonds. The van der Waals surface area contributed by atoms with Gasteiger partial charge in [0.15, 0.2) is 0 Å². The molecule has 0 fully saturated rings. The summed E-state index contributed by atoms with van der Waals surface area (Å²) in [5, 5.41) is 25.5. The van der Waals surface area contributed by atoms with Gasteiger partial charge in [0, 0.05) is 34.7 Å². The van der Waals surface area contributed by atoms with Crippen molar-refractivity contribution in [2.75, 3.05) is 7.11 Å². The Morgan fingerprint density at radius 1 is 1.40 bits per heavy atom. The zero-order valence-corrected chi connectivity index (χ0v) is 15.0. The van der Waals surface area contributed by atoms with Crippen LogP contribution in [-0.4, -0.2) is 32.2 Å². The van der Waals surface area contributed by atoms with Crippen LogP contribution in [0.15, 0.2) is 40.9 Å². The maximum Gasteiger partial charge on any atom is 0.270 e. The normalized spacial score (nSPS) is 10.8. The first-order valence-electron chi connectivity index (χ1n) is 7.40. The van der Waals surface area contributed by atoms with Crippen LogP contribution in [0.1, 0.15) is 10.4 Å². The maximum atomic E-state index is 11.0. The van der Waals surface area contributed by atoms with Crippen molar-refractivity contribution in [1.29, 1.82) is 0 Å². The van der Waals surface area contributed by atoms with Crippen molar-refractivity contribution in [1.82, 2.24) is 20.2 Å². The second-order valence-electron chi connectivity index (χ2n) is 5.06. The highest BCUT2D eigenvalue weighted by atomic mass is 32.2. The summed E-state index contributed by atoms with van der Waals surface area (Å²) in [6.45, 7) is 0.682. The van der Waals surface area contributed by atoms with Gasteiger partial charge in [-0.1, -0.05) is 17.8 Å². The lowest BCUT2D eigenvalue weighted by Gasteiger charge is -2.08. The van der Waals surface area contributed by atoms with E-state index in [1.807, 2.05) is 11.4 Å². The molecule has 0 spiro atoms. The van der Waals surface area contributed by atoms with Gasteiger partial charge in [-0.15, -0.1) is 16.4 Å². The topological polar surface area (TPSA) is 96.0 Å². The summed E-state index contributed by atoms with van der Waals surface area (Å²) in [5.41, 5.74) is 0.767. The molecular weight excluding hydrogens is 362 g/mol. The van der Waals surface area contributed by atoms with Crippen molar-refractivity contribution in [3.63, 3.8) is 0 Å². The fourth-order valence-corrected chi connectivity index (χ4v) is 3.82. The van der Waals surface area contributed by atoms with Crippen LogP contribution in [0.2, 0.25) is 0 Å². The minimum atomic E-state index is -0.418. The standard InChI is InChI=1S/C15H15N5O3S2/c1-23-14-5-4-12(20(21)22)9-11(14)10-25-15-16-17-18-19(15)7-6-13-3-2-8-24-13/h2-5,8-9H,6-7,10H2,1H3. The molecule has 0 atom stereocenters. The molecule has 3 rings (SSSR count). The van der Waals surface area contributed by atoms with Crippen molar-refractivity contribution in [2.24, 2.45) is 0 Å². The smallest absolute Gasteiger partial charge is 0.270 e. The lowest BCUT2D eigenvalue weighted by Crippen LogP contribution is -2.04. The number of thioether (sulfide) groups is 1. The molecule has 0 saturated carbocycles. The van der Waals surface area contributed by atoms with Crippen LogP contribution in [-0.2, 0) is 18.7 Å². The molecule has 8 nitrogen and oxygen atoms in total. The number of ether oxygens (including phenoxy) is 1. The Kier molecular flexibility index (Phi) is 5.61. The SMILES string of the molecule is COc1ccc([N+](=O)[O-])cc1CSc1nnnn1CCc1cccs1. The molecule has 0 N–H and O–H groups in total. The van der Waals surface area contributed by atoms with Gasteiger partial charge in [-0.3, -0.25) is 10.1 Å². The molecule has 2 aromatic heterocycles. The fourth-order valence-electron chi connectivity index (χ4n) is 2.24. The second kappa shape index (κ2) is 8.08. The van der Waals surface area contributed by atoms with E-state index in [2.05, 4.69) is 21.6 Å². The number of hydrogen-bond acceptors (Lipinski definition) is 8. The zero-order valence-electron chi connectivity index (χ0n) is 13.4. The van der Waals surface area contributed by atoms with Crippen LogP contribution < -0.4 is 4.74 Å². The third-order valence-electron chi connectivity index (χ3n) is 3.48. The molecule has 25 heavy (non-hydrogen) atoms. The summed E-state index contributed by atoms with van der Waals surface area (Å²) in [4.78, 5) is 11.8. The first kappa shape index (κ1) is 17.4. The first-order valence-corrected chi connectivity index (χ1v) is 9.26. The number of nitrogens with zero attached hydrogens (tertiary/aromatic N) is 5. The number of rotatable bonds is 8. The van der Waals surface area contributed by atoms with Gasteiger partial charge in [0.1, 0.15) is 5.75 Å². The van der Waals surface area contributed by atoms with E-state index in [1.165, 1.54) is 28.8 Å². The largest absolute Gasteiger partial charge is 0.496 e. The number of thiophene rings is 1. The molecule has 10 heteroatoms. The molecule has 1 aromatic carbocycles. The van der Waals surface area contributed by atoms with Crippen LogP contribution in [0.25, 0.3) is 0 Å². The Labute approximate surface area is 152 Å². The third-order valence-corrected chi connectivity index (χ3v) is 5.42. The summed E-state index contributed by atoms with van der Waals surface area (Å²) < 4.78 is 7.03. The van der Waals surface area contributed by atoms with Crippen molar-refractivity contribution in [3.8, 4) is 5.75 Å². The molecule has 0 unspecified atom stereocenters. The van der Waals surface area contributed by atoms with Gasteiger partial charge in [0.05, 0.1) is 18.6 Å². The number of aromatic nitrogens is 4. The Balaban J connectivity index is 1.68. The average molecular weight is 377 g/mol. The van der Waals surface area contributed by atoms with E-state index in [9.17, 15) is 10.1 Å². The molecule has 0 aliphatic carbocycles. The van der Waals surface area contributed by atoms with E-state index in [1.54, 1.807) is 29.2 Å². The average Bonchev–Trinajstić information content (AvgIpc) is 3.29. The number of benzene rings is 1. The minimum Gasteiger partial charge on any atom is -0.496 e. The zero-order chi connectivity index (χ0) is 17.6. The molecule has 2 heterocycles. The first-order chi connectivity index (χ1) is 12.2. The third kappa shape index (κ3) is 4.34. The highest BCUT2D eigenvalue weighted by Gasteiger charge is 2.14. The van der Waals surface area contributed by atoms with Crippen molar-refractivity contribution in [2.45, 2.75) is 23.9 Å². The molecular formula is C15H15N5O3S2. The molecule has 0 aliphatic rings.